The van der Waals surface area contributed by atoms with Gasteiger partial charge in [0.25, 0.3) is 5.69 Å². The minimum atomic E-state index is -0.626. The molecule has 0 N–H and O–H groups in total. The SMILES string of the molecule is CN(C)CCN(CC(=O)OC(C)(C)C)C(=O)Cn1ccc2cc([N+](=O)[O-])ccc21. The smallest absolute Gasteiger partial charge is 0.326 e. The number of aromatic nitrogens is 1. The molecular formula is C20H28N4O5. The quantitative estimate of drug-likeness (QED) is 0.380. The summed E-state index contributed by atoms with van der Waals surface area (Å²) in [6.07, 6.45) is 1.71. The number of amides is 1. The normalized spacial score (nSPS) is 11.7. The number of carbonyl (C=O) groups is 2. The Morgan fingerprint density at radius 2 is 1.86 bits per heavy atom. The first-order chi connectivity index (χ1) is 13.5. The van der Waals surface area contributed by atoms with E-state index in [4.69, 9.17) is 4.74 Å². The number of benzene rings is 1. The van der Waals surface area contributed by atoms with Gasteiger partial charge in [-0.3, -0.25) is 19.7 Å². The van der Waals surface area contributed by atoms with Crippen LogP contribution in [0.4, 0.5) is 5.69 Å². The van der Waals surface area contributed by atoms with Crippen LogP contribution in [0.15, 0.2) is 30.5 Å². The van der Waals surface area contributed by atoms with E-state index in [0.717, 1.165) is 0 Å². The number of ether oxygens (including phenoxy) is 1. The maximum absolute atomic E-state index is 12.9. The van der Waals surface area contributed by atoms with Gasteiger partial charge in [0.15, 0.2) is 0 Å². The third kappa shape index (κ3) is 6.56. The molecule has 1 aromatic carbocycles. The van der Waals surface area contributed by atoms with Gasteiger partial charge in [-0.15, -0.1) is 0 Å². The van der Waals surface area contributed by atoms with E-state index in [1.807, 2.05) is 19.0 Å². The number of rotatable bonds is 8. The molecule has 0 spiro atoms. The Hall–Kier alpha value is -2.94. The van der Waals surface area contributed by atoms with Crippen molar-refractivity contribution in [1.82, 2.24) is 14.4 Å². The van der Waals surface area contributed by atoms with Crippen LogP contribution < -0.4 is 0 Å². The van der Waals surface area contributed by atoms with Crippen molar-refractivity contribution in [3.63, 3.8) is 0 Å². The molecule has 2 rings (SSSR count). The average Bonchev–Trinajstić information content (AvgIpc) is 2.98. The fraction of sp³-hybridized carbons (Fsp3) is 0.500. The average molecular weight is 404 g/mol. The van der Waals surface area contributed by atoms with E-state index >= 15 is 0 Å². The summed E-state index contributed by atoms with van der Waals surface area (Å²) in [6, 6.07) is 6.24. The summed E-state index contributed by atoms with van der Waals surface area (Å²) in [4.78, 5) is 39.0. The Balaban J connectivity index is 2.16. The Morgan fingerprint density at radius 3 is 2.45 bits per heavy atom. The standard InChI is InChI=1S/C20H28N4O5/c1-20(2,3)29-19(26)14-23(11-10-21(4)5)18(25)13-22-9-8-15-12-16(24(27)28)6-7-17(15)22/h6-9,12H,10-11,13-14H2,1-5H3. The number of hydrogen-bond acceptors (Lipinski definition) is 6. The second kappa shape index (κ2) is 9.04. The molecule has 9 nitrogen and oxygen atoms in total. The highest BCUT2D eigenvalue weighted by Gasteiger charge is 2.23. The summed E-state index contributed by atoms with van der Waals surface area (Å²) < 4.78 is 7.07. The molecule has 0 saturated carbocycles. The largest absolute Gasteiger partial charge is 0.459 e. The van der Waals surface area contributed by atoms with E-state index in [-0.39, 0.29) is 24.7 Å². The Kier molecular flexibility index (Phi) is 6.97. The molecule has 0 aliphatic carbocycles. The van der Waals surface area contributed by atoms with Crippen LogP contribution in [-0.2, 0) is 20.9 Å². The molecule has 1 amide bonds. The molecule has 9 heteroatoms. The Bertz CT molecular complexity index is 898. The van der Waals surface area contributed by atoms with Crippen molar-refractivity contribution in [2.75, 3.05) is 33.7 Å². The molecule has 0 aliphatic rings. The number of nitrogens with zero attached hydrogens (tertiary/aromatic N) is 4. The summed E-state index contributed by atoms with van der Waals surface area (Å²) in [7, 11) is 3.78. The van der Waals surface area contributed by atoms with Crippen molar-refractivity contribution in [1.29, 1.82) is 0 Å². The molecule has 0 radical (unpaired) electrons. The van der Waals surface area contributed by atoms with Crippen molar-refractivity contribution >= 4 is 28.5 Å². The Morgan fingerprint density at radius 1 is 1.17 bits per heavy atom. The molecule has 2 aromatic rings. The molecular weight excluding hydrogens is 376 g/mol. The zero-order valence-electron chi connectivity index (χ0n) is 17.5. The minimum absolute atomic E-state index is 0.000822. The van der Waals surface area contributed by atoms with E-state index in [2.05, 4.69) is 0 Å². The van der Waals surface area contributed by atoms with E-state index in [1.54, 1.807) is 43.7 Å². The number of likely N-dealkylation sites (N-methyl/N-ethyl adjacent to an activating group) is 1. The van der Waals surface area contributed by atoms with E-state index < -0.39 is 16.5 Å². The van der Waals surface area contributed by atoms with Crippen LogP contribution in [-0.4, -0.2) is 70.5 Å². The number of esters is 1. The van der Waals surface area contributed by atoms with Crippen LogP contribution in [0.3, 0.4) is 0 Å². The molecule has 1 heterocycles. The number of carbonyl (C=O) groups excluding carboxylic acids is 2. The van der Waals surface area contributed by atoms with Gasteiger partial charge in [0.1, 0.15) is 18.7 Å². The summed E-state index contributed by atoms with van der Waals surface area (Å²) in [5.41, 5.74) is 0.0893. The molecule has 29 heavy (non-hydrogen) atoms. The minimum Gasteiger partial charge on any atom is -0.459 e. The zero-order valence-corrected chi connectivity index (χ0v) is 17.5. The highest BCUT2D eigenvalue weighted by atomic mass is 16.6. The number of non-ortho nitro benzene ring substituents is 1. The zero-order chi connectivity index (χ0) is 21.8. The third-order valence-corrected chi connectivity index (χ3v) is 4.18. The van der Waals surface area contributed by atoms with Crippen molar-refractivity contribution in [3.05, 3.63) is 40.6 Å². The predicted octanol–water partition coefficient (Wildman–Crippen LogP) is 2.28. The van der Waals surface area contributed by atoms with Crippen LogP contribution in [0.25, 0.3) is 10.9 Å². The first-order valence-electron chi connectivity index (χ1n) is 9.34. The van der Waals surface area contributed by atoms with Crippen LogP contribution in [0.1, 0.15) is 20.8 Å². The monoisotopic (exact) mass is 404 g/mol. The van der Waals surface area contributed by atoms with Crippen molar-refractivity contribution in [2.45, 2.75) is 32.9 Å². The number of fused-ring (bicyclic) bond motifs is 1. The van der Waals surface area contributed by atoms with E-state index in [1.165, 1.54) is 17.0 Å². The van der Waals surface area contributed by atoms with Crippen LogP contribution >= 0.6 is 0 Å². The topological polar surface area (TPSA) is 97.9 Å². The fourth-order valence-electron chi connectivity index (χ4n) is 2.83. The molecule has 0 atom stereocenters. The molecule has 0 bridgehead atoms. The number of nitro benzene ring substituents is 1. The summed E-state index contributed by atoms with van der Waals surface area (Å²) in [6.45, 7) is 6.22. The lowest BCUT2D eigenvalue weighted by Crippen LogP contribution is -2.43. The van der Waals surface area contributed by atoms with Gasteiger partial charge in [0.05, 0.1) is 4.92 Å². The van der Waals surface area contributed by atoms with Gasteiger partial charge in [0.2, 0.25) is 5.91 Å². The first-order valence-corrected chi connectivity index (χ1v) is 9.34. The fourth-order valence-corrected chi connectivity index (χ4v) is 2.83. The second-order valence-corrected chi connectivity index (χ2v) is 8.15. The lowest BCUT2D eigenvalue weighted by Gasteiger charge is -2.26. The molecule has 1 aromatic heterocycles. The van der Waals surface area contributed by atoms with E-state index in [9.17, 15) is 19.7 Å². The maximum atomic E-state index is 12.9. The van der Waals surface area contributed by atoms with Gasteiger partial charge in [-0.1, -0.05) is 0 Å². The molecule has 0 saturated heterocycles. The maximum Gasteiger partial charge on any atom is 0.326 e. The second-order valence-electron chi connectivity index (χ2n) is 8.15. The highest BCUT2D eigenvalue weighted by Crippen LogP contribution is 2.22. The summed E-state index contributed by atoms with van der Waals surface area (Å²) in [5, 5.41) is 11.6. The van der Waals surface area contributed by atoms with Crippen LogP contribution in [0.2, 0.25) is 0 Å². The highest BCUT2D eigenvalue weighted by molar-refractivity contribution is 5.86. The van der Waals surface area contributed by atoms with Gasteiger partial charge in [0, 0.05) is 42.3 Å². The summed E-state index contributed by atoms with van der Waals surface area (Å²) in [5.74, 6) is -0.689. The van der Waals surface area contributed by atoms with E-state index in [0.29, 0.717) is 24.0 Å². The molecule has 0 fully saturated rings. The van der Waals surface area contributed by atoms with Crippen LogP contribution in [0, 0.1) is 10.1 Å². The molecule has 0 unspecified atom stereocenters. The van der Waals surface area contributed by atoms with Crippen molar-refractivity contribution < 1.29 is 19.2 Å². The lowest BCUT2D eigenvalue weighted by atomic mass is 10.2. The van der Waals surface area contributed by atoms with Crippen molar-refractivity contribution in [3.8, 4) is 0 Å². The Labute approximate surface area is 170 Å². The number of hydrogen-bond donors (Lipinski definition) is 0. The summed E-state index contributed by atoms with van der Waals surface area (Å²) >= 11 is 0. The van der Waals surface area contributed by atoms with Gasteiger partial charge < -0.3 is 19.1 Å². The van der Waals surface area contributed by atoms with Gasteiger partial charge in [-0.2, -0.15) is 0 Å². The number of nitro groups is 1. The van der Waals surface area contributed by atoms with Crippen molar-refractivity contribution in [2.24, 2.45) is 0 Å². The lowest BCUT2D eigenvalue weighted by molar-refractivity contribution is -0.384. The third-order valence-electron chi connectivity index (χ3n) is 4.18. The molecule has 158 valence electrons. The molecule has 0 aliphatic heterocycles. The van der Waals surface area contributed by atoms with Gasteiger partial charge in [-0.25, -0.2) is 0 Å². The first kappa shape index (κ1) is 22.4. The predicted molar refractivity (Wildman–Crippen MR) is 110 cm³/mol. The van der Waals surface area contributed by atoms with Gasteiger partial charge in [-0.05, 0) is 47.0 Å². The van der Waals surface area contributed by atoms with Gasteiger partial charge >= 0.3 is 5.97 Å². The van der Waals surface area contributed by atoms with Crippen LogP contribution in [0.5, 0.6) is 0 Å².